The molecule has 7 heteroatoms. The maximum absolute atomic E-state index is 12.6. The maximum atomic E-state index is 12.6. The van der Waals surface area contributed by atoms with Crippen molar-refractivity contribution in [2.45, 2.75) is 31.0 Å². The van der Waals surface area contributed by atoms with E-state index in [1.165, 1.54) is 11.3 Å². The number of piperazine rings is 1. The van der Waals surface area contributed by atoms with Gasteiger partial charge in [-0.05, 0) is 31.2 Å². The number of carbonyl (C=O) groups excluding carboxylic acids is 1. The molecule has 1 amide bonds. The van der Waals surface area contributed by atoms with Crippen LogP contribution in [0.25, 0.3) is 0 Å². The number of piperidine rings is 1. The molecule has 1 aromatic carbocycles. The van der Waals surface area contributed by atoms with Gasteiger partial charge in [-0.25, -0.2) is 5.43 Å². The summed E-state index contributed by atoms with van der Waals surface area (Å²) in [4.78, 5) is 19.5. The molecule has 0 saturated carbocycles. The highest BCUT2D eigenvalue weighted by atomic mass is 16.5. The van der Waals surface area contributed by atoms with E-state index in [9.17, 15) is 4.79 Å². The Morgan fingerprint density at radius 2 is 1.86 bits per heavy atom. The highest BCUT2D eigenvalue weighted by Crippen LogP contribution is 2.36. The number of hydrogen-bond acceptors (Lipinski definition) is 6. The molecule has 7 nitrogen and oxygen atoms in total. The average molecular weight is 386 g/mol. The van der Waals surface area contributed by atoms with Gasteiger partial charge in [0.15, 0.2) is 0 Å². The summed E-state index contributed by atoms with van der Waals surface area (Å²) in [6, 6.07) is 9.74. The Hall–Kier alpha value is -1.67. The van der Waals surface area contributed by atoms with Crippen molar-refractivity contribution in [2.24, 2.45) is 5.92 Å². The molecule has 28 heavy (non-hydrogen) atoms. The number of nitrogens with one attached hydrogen (secondary N) is 2. The number of likely N-dealkylation sites (N-methyl/N-ethyl adjacent to an activating group) is 1. The summed E-state index contributed by atoms with van der Waals surface area (Å²) in [6.45, 7) is 6.68. The molecule has 4 atom stereocenters. The monoisotopic (exact) mass is 385 g/mol. The Kier molecular flexibility index (Phi) is 5.00. The van der Waals surface area contributed by atoms with Crippen molar-refractivity contribution < 1.29 is 9.53 Å². The fraction of sp³-hybridized carbons (Fsp3) is 0.667. The predicted octanol–water partition coefficient (Wildman–Crippen LogP) is 0.593. The van der Waals surface area contributed by atoms with Crippen molar-refractivity contribution in [1.82, 2.24) is 20.7 Å². The first-order chi connectivity index (χ1) is 13.7. The number of nitrogens with zero attached hydrogens (tertiary/aromatic N) is 3. The maximum Gasteiger partial charge on any atom is 0.224 e. The van der Waals surface area contributed by atoms with Crippen LogP contribution in [0.15, 0.2) is 24.3 Å². The van der Waals surface area contributed by atoms with Crippen LogP contribution >= 0.6 is 0 Å². The van der Waals surface area contributed by atoms with E-state index >= 15 is 0 Å². The number of amides is 1. The van der Waals surface area contributed by atoms with E-state index in [1.807, 2.05) is 0 Å². The molecule has 4 heterocycles. The lowest BCUT2D eigenvalue weighted by molar-refractivity contribution is -0.138. The Balaban J connectivity index is 1.29. The largest absolute Gasteiger partial charge is 0.379 e. The molecular formula is C21H31N5O2. The predicted molar refractivity (Wildman–Crippen MR) is 108 cm³/mol. The van der Waals surface area contributed by atoms with Crippen molar-refractivity contribution in [3.05, 3.63) is 29.8 Å². The molecule has 0 aliphatic carbocycles. The Labute approximate surface area is 167 Å². The van der Waals surface area contributed by atoms with Crippen LogP contribution in [0.4, 0.5) is 5.69 Å². The topological polar surface area (TPSA) is 60.1 Å². The van der Waals surface area contributed by atoms with Gasteiger partial charge in [0.1, 0.15) is 0 Å². The number of fused-ring (bicyclic) bond motifs is 1. The first-order valence-corrected chi connectivity index (χ1v) is 10.6. The molecule has 2 N–H and O–H groups in total. The second-order valence-electron chi connectivity index (χ2n) is 8.69. The zero-order valence-electron chi connectivity index (χ0n) is 16.6. The molecule has 0 bridgehead atoms. The second-order valence-corrected chi connectivity index (χ2v) is 8.69. The second kappa shape index (κ2) is 7.63. The number of ether oxygens (including phenoxy) is 1. The fourth-order valence-electron chi connectivity index (χ4n) is 5.12. The number of hydrogen-bond donors (Lipinski definition) is 2. The number of benzene rings is 1. The number of rotatable bonds is 3. The van der Waals surface area contributed by atoms with E-state index in [0.717, 1.165) is 45.8 Å². The first-order valence-electron chi connectivity index (χ1n) is 10.6. The van der Waals surface area contributed by atoms with E-state index in [4.69, 9.17) is 4.74 Å². The molecule has 4 aliphatic heterocycles. The average Bonchev–Trinajstić information content (AvgIpc) is 3.38. The van der Waals surface area contributed by atoms with Crippen molar-refractivity contribution in [3.8, 4) is 0 Å². The minimum Gasteiger partial charge on any atom is -0.379 e. The fourth-order valence-corrected chi connectivity index (χ4v) is 5.12. The lowest BCUT2D eigenvalue weighted by Crippen LogP contribution is -2.52. The minimum absolute atomic E-state index is 0.216. The molecule has 4 aliphatic rings. The lowest BCUT2D eigenvalue weighted by atomic mass is 9.84. The van der Waals surface area contributed by atoms with Gasteiger partial charge in [0, 0.05) is 63.4 Å². The molecule has 0 radical (unpaired) electrons. The molecule has 4 fully saturated rings. The lowest BCUT2D eigenvalue weighted by Gasteiger charge is -2.39. The number of likely N-dealkylation sites (tertiary alicyclic amines) is 1. The van der Waals surface area contributed by atoms with Crippen molar-refractivity contribution in [3.63, 3.8) is 0 Å². The Bertz CT molecular complexity index is 697. The van der Waals surface area contributed by atoms with Crippen LogP contribution < -0.4 is 15.8 Å². The van der Waals surface area contributed by atoms with Gasteiger partial charge in [-0.3, -0.25) is 10.2 Å². The van der Waals surface area contributed by atoms with Gasteiger partial charge in [0.2, 0.25) is 5.91 Å². The van der Waals surface area contributed by atoms with E-state index in [-0.39, 0.29) is 24.0 Å². The van der Waals surface area contributed by atoms with Crippen LogP contribution in [0.2, 0.25) is 0 Å². The Morgan fingerprint density at radius 3 is 2.57 bits per heavy atom. The standard InChI is InChI=1S/C21H31N5O2/c1-24-7-9-25(10-8-24)16-4-2-15(3-5-16)21-18-13-26(17-6-11-28-14-17)20(27)12-19(18)22-23-21/h2-5,17-19,21-23H,6-14H2,1H3. The third-order valence-electron chi connectivity index (χ3n) is 6.96. The summed E-state index contributed by atoms with van der Waals surface area (Å²) in [7, 11) is 2.19. The van der Waals surface area contributed by atoms with Gasteiger partial charge in [0.25, 0.3) is 0 Å². The summed E-state index contributed by atoms with van der Waals surface area (Å²) in [5, 5.41) is 0. The molecule has 0 spiro atoms. The molecular weight excluding hydrogens is 354 g/mol. The van der Waals surface area contributed by atoms with Crippen LogP contribution in [0.5, 0.6) is 0 Å². The molecule has 0 aromatic heterocycles. The summed E-state index contributed by atoms with van der Waals surface area (Å²) in [6.07, 6.45) is 1.54. The zero-order chi connectivity index (χ0) is 19.1. The van der Waals surface area contributed by atoms with Gasteiger partial charge in [-0.2, -0.15) is 0 Å². The summed E-state index contributed by atoms with van der Waals surface area (Å²) < 4.78 is 5.53. The highest BCUT2D eigenvalue weighted by molar-refractivity contribution is 5.78. The van der Waals surface area contributed by atoms with Gasteiger partial charge in [-0.15, -0.1) is 0 Å². The van der Waals surface area contributed by atoms with E-state index in [2.05, 4.69) is 56.9 Å². The van der Waals surface area contributed by atoms with Gasteiger partial charge in [0.05, 0.1) is 18.7 Å². The number of carbonyl (C=O) groups is 1. The zero-order valence-corrected chi connectivity index (χ0v) is 16.6. The number of hydrazine groups is 1. The third kappa shape index (κ3) is 3.41. The SMILES string of the molecule is CN1CCN(c2ccc(C3NNC4CC(=O)N(C5CCOC5)CC43)cc2)CC1. The van der Waals surface area contributed by atoms with Crippen LogP contribution in [-0.2, 0) is 9.53 Å². The third-order valence-corrected chi connectivity index (χ3v) is 6.96. The smallest absolute Gasteiger partial charge is 0.224 e. The molecule has 1 aromatic rings. The van der Waals surface area contributed by atoms with E-state index < -0.39 is 0 Å². The van der Waals surface area contributed by atoms with Gasteiger partial charge in [-0.1, -0.05) is 12.1 Å². The van der Waals surface area contributed by atoms with Crippen LogP contribution in [0.1, 0.15) is 24.4 Å². The van der Waals surface area contributed by atoms with Crippen molar-refractivity contribution >= 4 is 11.6 Å². The summed E-state index contributed by atoms with van der Waals surface area (Å²) >= 11 is 0. The van der Waals surface area contributed by atoms with Crippen LogP contribution in [-0.4, -0.2) is 80.8 Å². The molecule has 4 saturated heterocycles. The summed E-state index contributed by atoms with van der Waals surface area (Å²) in [5.74, 6) is 0.657. The van der Waals surface area contributed by atoms with Crippen molar-refractivity contribution in [1.29, 1.82) is 0 Å². The Morgan fingerprint density at radius 1 is 1.07 bits per heavy atom. The quantitative estimate of drug-likeness (QED) is 0.795. The highest BCUT2D eigenvalue weighted by Gasteiger charge is 2.45. The first kappa shape index (κ1) is 18.4. The number of anilines is 1. The summed E-state index contributed by atoms with van der Waals surface area (Å²) in [5.41, 5.74) is 9.47. The van der Waals surface area contributed by atoms with E-state index in [1.54, 1.807) is 0 Å². The molecule has 5 rings (SSSR count). The van der Waals surface area contributed by atoms with Gasteiger partial charge < -0.3 is 19.4 Å². The van der Waals surface area contributed by atoms with Crippen LogP contribution in [0, 0.1) is 5.92 Å². The van der Waals surface area contributed by atoms with Crippen LogP contribution in [0.3, 0.4) is 0 Å². The van der Waals surface area contributed by atoms with Gasteiger partial charge >= 0.3 is 0 Å². The molecule has 4 unspecified atom stereocenters. The van der Waals surface area contributed by atoms with Crippen molar-refractivity contribution in [2.75, 3.05) is 57.9 Å². The minimum atomic E-state index is 0.216. The van der Waals surface area contributed by atoms with E-state index in [0.29, 0.717) is 18.9 Å². The molecule has 152 valence electrons. The normalized spacial score (nSPS) is 34.1.